The summed E-state index contributed by atoms with van der Waals surface area (Å²) in [7, 11) is 2.16. The summed E-state index contributed by atoms with van der Waals surface area (Å²) < 4.78 is 1.73. The fourth-order valence-corrected chi connectivity index (χ4v) is 4.68. The van der Waals surface area contributed by atoms with Crippen LogP contribution in [0.25, 0.3) is 16.2 Å². The first-order valence-corrected chi connectivity index (χ1v) is 9.86. The summed E-state index contributed by atoms with van der Waals surface area (Å²) in [5.41, 5.74) is 2.85. The molecule has 130 valence electrons. The summed E-state index contributed by atoms with van der Waals surface area (Å²) in [6, 6.07) is 12.3. The van der Waals surface area contributed by atoms with Crippen LogP contribution in [0.4, 0.5) is 0 Å². The van der Waals surface area contributed by atoms with Gasteiger partial charge in [0.2, 0.25) is 0 Å². The molecule has 0 unspecified atom stereocenters. The zero-order valence-corrected chi connectivity index (χ0v) is 15.3. The van der Waals surface area contributed by atoms with Gasteiger partial charge in [-0.25, -0.2) is 4.98 Å². The fourth-order valence-electron chi connectivity index (χ4n) is 3.76. The van der Waals surface area contributed by atoms with Gasteiger partial charge in [-0.1, -0.05) is 49.6 Å². The summed E-state index contributed by atoms with van der Waals surface area (Å²) in [6.07, 6.45) is 6.50. The third kappa shape index (κ3) is 3.39. The zero-order valence-electron chi connectivity index (χ0n) is 14.5. The smallest absolute Gasteiger partial charge is 0.259 e. The van der Waals surface area contributed by atoms with Crippen molar-refractivity contribution in [3.63, 3.8) is 0 Å². The van der Waals surface area contributed by atoms with Gasteiger partial charge >= 0.3 is 0 Å². The van der Waals surface area contributed by atoms with Gasteiger partial charge in [-0.15, -0.1) is 11.3 Å². The van der Waals surface area contributed by atoms with E-state index in [9.17, 15) is 4.79 Å². The van der Waals surface area contributed by atoms with Crippen LogP contribution < -0.4 is 5.56 Å². The second-order valence-corrected chi connectivity index (χ2v) is 7.73. The molecule has 1 aromatic carbocycles. The van der Waals surface area contributed by atoms with Crippen molar-refractivity contribution < 1.29 is 0 Å². The van der Waals surface area contributed by atoms with Gasteiger partial charge in [-0.3, -0.25) is 14.1 Å². The number of benzene rings is 1. The average Bonchev–Trinajstić information content (AvgIpc) is 3.08. The lowest BCUT2D eigenvalue weighted by Crippen LogP contribution is -2.33. The van der Waals surface area contributed by atoms with E-state index in [1.807, 2.05) is 35.7 Å². The highest BCUT2D eigenvalue weighted by atomic mass is 32.1. The lowest BCUT2D eigenvalue weighted by molar-refractivity contribution is 0.183. The molecule has 4 nitrogen and oxygen atoms in total. The van der Waals surface area contributed by atoms with E-state index in [-0.39, 0.29) is 5.56 Å². The number of thiazole rings is 1. The molecule has 0 atom stereocenters. The number of rotatable bonds is 4. The minimum absolute atomic E-state index is 0.0112. The first kappa shape index (κ1) is 16.5. The molecule has 0 N–H and O–H groups in total. The second-order valence-electron chi connectivity index (χ2n) is 6.90. The molecule has 1 fully saturated rings. The molecule has 4 rings (SSSR count). The van der Waals surface area contributed by atoms with Crippen molar-refractivity contribution in [2.24, 2.45) is 0 Å². The first-order chi connectivity index (χ1) is 12.2. The van der Waals surface area contributed by atoms with Crippen molar-refractivity contribution in [2.45, 2.75) is 44.7 Å². The molecule has 2 aromatic heterocycles. The summed E-state index contributed by atoms with van der Waals surface area (Å²) in [4.78, 5) is 20.6. The predicted molar refractivity (Wildman–Crippen MR) is 103 cm³/mol. The third-order valence-electron chi connectivity index (χ3n) is 5.14. The quantitative estimate of drug-likeness (QED) is 0.706. The van der Waals surface area contributed by atoms with Crippen LogP contribution in [0, 0.1) is 0 Å². The maximum Gasteiger partial charge on any atom is 0.259 e. The molecule has 5 heteroatoms. The summed E-state index contributed by atoms with van der Waals surface area (Å²) in [6.45, 7) is 0.745. The third-order valence-corrected chi connectivity index (χ3v) is 5.96. The van der Waals surface area contributed by atoms with Gasteiger partial charge in [0.1, 0.15) is 0 Å². The topological polar surface area (TPSA) is 37.6 Å². The molecular formula is C20H23N3OS. The van der Waals surface area contributed by atoms with Crippen molar-refractivity contribution in [1.29, 1.82) is 0 Å². The molecule has 0 spiro atoms. The SMILES string of the molecule is CN(Cc1cc(=O)n2c(-c3ccccc3)csc2n1)C1CCCCC1. The van der Waals surface area contributed by atoms with Crippen LogP contribution in [0.3, 0.4) is 0 Å². The number of aromatic nitrogens is 2. The molecular weight excluding hydrogens is 330 g/mol. The molecule has 1 saturated carbocycles. The molecule has 0 radical (unpaired) electrons. The highest BCUT2D eigenvalue weighted by Crippen LogP contribution is 2.25. The maximum absolute atomic E-state index is 12.7. The highest BCUT2D eigenvalue weighted by Gasteiger charge is 2.19. The van der Waals surface area contributed by atoms with Gasteiger partial charge < -0.3 is 0 Å². The van der Waals surface area contributed by atoms with Crippen LogP contribution in [-0.4, -0.2) is 27.4 Å². The maximum atomic E-state index is 12.7. The molecule has 1 aliphatic carbocycles. The first-order valence-electron chi connectivity index (χ1n) is 8.98. The van der Waals surface area contributed by atoms with E-state index in [2.05, 4.69) is 11.9 Å². The number of hydrogen-bond acceptors (Lipinski definition) is 4. The predicted octanol–water partition coefficient (Wildman–Crippen LogP) is 4.19. The minimum Gasteiger partial charge on any atom is -0.298 e. The van der Waals surface area contributed by atoms with Crippen LogP contribution in [0.5, 0.6) is 0 Å². The van der Waals surface area contributed by atoms with E-state index in [4.69, 9.17) is 4.98 Å². The molecule has 0 bridgehead atoms. The Labute approximate surface area is 151 Å². The molecule has 1 aliphatic rings. The minimum atomic E-state index is 0.0112. The van der Waals surface area contributed by atoms with E-state index in [0.29, 0.717) is 6.04 Å². The van der Waals surface area contributed by atoms with Crippen molar-refractivity contribution in [2.75, 3.05) is 7.05 Å². The molecule has 25 heavy (non-hydrogen) atoms. The van der Waals surface area contributed by atoms with Gasteiger partial charge in [0.05, 0.1) is 11.4 Å². The monoisotopic (exact) mass is 353 g/mol. The van der Waals surface area contributed by atoms with Gasteiger partial charge in [-0.2, -0.15) is 0 Å². The Morgan fingerprint density at radius 2 is 1.96 bits per heavy atom. The van der Waals surface area contributed by atoms with E-state index >= 15 is 0 Å². The normalized spacial score (nSPS) is 15.9. The van der Waals surface area contributed by atoms with E-state index < -0.39 is 0 Å². The van der Waals surface area contributed by atoms with Crippen molar-refractivity contribution in [1.82, 2.24) is 14.3 Å². The van der Waals surface area contributed by atoms with Crippen LogP contribution in [0.1, 0.15) is 37.8 Å². The Morgan fingerprint density at radius 3 is 2.72 bits per heavy atom. The molecule has 3 aromatic rings. The lowest BCUT2D eigenvalue weighted by atomic mass is 9.94. The Hall–Kier alpha value is -1.98. The van der Waals surface area contributed by atoms with Crippen molar-refractivity contribution in [3.8, 4) is 11.3 Å². The number of fused-ring (bicyclic) bond motifs is 1. The highest BCUT2D eigenvalue weighted by molar-refractivity contribution is 7.15. The van der Waals surface area contributed by atoms with Crippen LogP contribution in [0.15, 0.2) is 46.6 Å². The van der Waals surface area contributed by atoms with Gasteiger partial charge in [0.15, 0.2) is 4.96 Å². The molecule has 0 saturated heterocycles. The molecule has 0 aliphatic heterocycles. The van der Waals surface area contributed by atoms with Gasteiger partial charge in [0.25, 0.3) is 5.56 Å². The summed E-state index contributed by atoms with van der Waals surface area (Å²) >= 11 is 1.53. The zero-order chi connectivity index (χ0) is 17.2. The summed E-state index contributed by atoms with van der Waals surface area (Å²) in [5.74, 6) is 0. The second kappa shape index (κ2) is 7.10. The number of nitrogens with zero attached hydrogens (tertiary/aromatic N) is 3. The lowest BCUT2D eigenvalue weighted by Gasteiger charge is -2.30. The Balaban J connectivity index is 1.63. The fraction of sp³-hybridized carbons (Fsp3) is 0.400. The van der Waals surface area contributed by atoms with Gasteiger partial charge in [0, 0.05) is 24.0 Å². The van der Waals surface area contributed by atoms with E-state index in [1.165, 1.54) is 43.4 Å². The Kier molecular flexibility index (Phi) is 4.68. The summed E-state index contributed by atoms with van der Waals surface area (Å²) in [5, 5.41) is 2.02. The van der Waals surface area contributed by atoms with Crippen molar-refractivity contribution >= 4 is 16.3 Å². The average molecular weight is 353 g/mol. The number of hydrogen-bond donors (Lipinski definition) is 0. The van der Waals surface area contributed by atoms with Gasteiger partial charge in [-0.05, 0) is 25.5 Å². The largest absolute Gasteiger partial charge is 0.298 e. The Morgan fingerprint density at radius 1 is 1.20 bits per heavy atom. The standard InChI is InChI=1S/C20H23N3OS/c1-22(17-10-6-3-7-11-17)13-16-12-19(24)23-18(14-25-20(23)21-16)15-8-4-2-5-9-15/h2,4-5,8-9,12,14,17H,3,6-7,10-11,13H2,1H3. The van der Waals surface area contributed by atoms with Crippen LogP contribution >= 0.6 is 11.3 Å². The van der Waals surface area contributed by atoms with Crippen LogP contribution in [-0.2, 0) is 6.54 Å². The molecule has 2 heterocycles. The van der Waals surface area contributed by atoms with Crippen molar-refractivity contribution in [3.05, 3.63) is 57.8 Å². The van der Waals surface area contributed by atoms with Crippen LogP contribution in [0.2, 0.25) is 0 Å². The van der Waals surface area contributed by atoms with E-state index in [1.54, 1.807) is 10.5 Å². The van der Waals surface area contributed by atoms with E-state index in [0.717, 1.165) is 28.5 Å². The molecule has 0 amide bonds. The Bertz CT molecular complexity index is 910.